The van der Waals surface area contributed by atoms with E-state index in [1.165, 1.54) is 6.42 Å². The van der Waals surface area contributed by atoms with Gasteiger partial charge in [-0.2, -0.15) is 0 Å². The summed E-state index contributed by atoms with van der Waals surface area (Å²) in [5.41, 5.74) is 1.14. The predicted molar refractivity (Wildman–Crippen MR) is 88.2 cm³/mol. The van der Waals surface area contributed by atoms with E-state index in [0.717, 1.165) is 44.3 Å². The Kier molecular flexibility index (Phi) is 5.65. The maximum Gasteiger partial charge on any atom is 0.314 e. The maximum absolute atomic E-state index is 12.2. The fourth-order valence-corrected chi connectivity index (χ4v) is 3.31. The van der Waals surface area contributed by atoms with Crippen molar-refractivity contribution < 1.29 is 14.3 Å². The first-order chi connectivity index (χ1) is 11.3. The molecule has 1 aliphatic carbocycles. The number of nitrogens with one attached hydrogen (secondary N) is 2. The van der Waals surface area contributed by atoms with Crippen molar-refractivity contribution in [2.75, 3.05) is 20.2 Å². The van der Waals surface area contributed by atoms with Crippen molar-refractivity contribution in [2.24, 2.45) is 5.92 Å². The molecule has 1 aromatic carbocycles. The highest BCUT2D eigenvalue weighted by Gasteiger charge is 2.23. The average molecular weight is 318 g/mol. The van der Waals surface area contributed by atoms with Gasteiger partial charge in [-0.15, -0.1) is 0 Å². The molecule has 5 heteroatoms. The molecule has 23 heavy (non-hydrogen) atoms. The summed E-state index contributed by atoms with van der Waals surface area (Å²) in [6, 6.07) is 7.76. The third-order valence-corrected chi connectivity index (χ3v) is 4.80. The average Bonchev–Trinajstić information content (AvgIpc) is 2.63. The number of hydrogen-bond donors (Lipinski definition) is 2. The quantitative estimate of drug-likeness (QED) is 0.659. The zero-order valence-corrected chi connectivity index (χ0v) is 13.7. The summed E-state index contributed by atoms with van der Waals surface area (Å²) in [5.74, 6) is 0.639. The Morgan fingerprint density at radius 2 is 1.70 bits per heavy atom. The molecule has 1 heterocycles. The van der Waals surface area contributed by atoms with Crippen LogP contribution in [0, 0.1) is 5.92 Å². The van der Waals surface area contributed by atoms with Crippen LogP contribution in [0.25, 0.3) is 0 Å². The van der Waals surface area contributed by atoms with Gasteiger partial charge in [0.05, 0.1) is 18.2 Å². The molecule has 1 saturated heterocycles. The van der Waals surface area contributed by atoms with Gasteiger partial charge in [-0.25, -0.2) is 0 Å². The molecule has 1 saturated carbocycles. The molecule has 0 amide bonds. The number of carbonyl (C=O) groups is 1. The topological polar surface area (TPSA) is 59.6 Å². The van der Waals surface area contributed by atoms with Crippen molar-refractivity contribution in [3.63, 3.8) is 0 Å². The lowest BCUT2D eigenvalue weighted by Gasteiger charge is -2.30. The molecular weight excluding hydrogens is 292 g/mol. The van der Waals surface area contributed by atoms with E-state index in [1.807, 2.05) is 24.3 Å². The van der Waals surface area contributed by atoms with E-state index in [0.29, 0.717) is 5.75 Å². The maximum atomic E-state index is 12.2. The van der Waals surface area contributed by atoms with Crippen molar-refractivity contribution in [1.29, 1.82) is 0 Å². The molecule has 0 aromatic heterocycles. The summed E-state index contributed by atoms with van der Waals surface area (Å²) in [4.78, 5) is 12.2. The number of carbonyl (C=O) groups excluding carboxylic acids is 1. The molecule has 1 aromatic rings. The lowest BCUT2D eigenvalue weighted by Crippen LogP contribution is -2.50. The van der Waals surface area contributed by atoms with Crippen molar-refractivity contribution in [3.8, 4) is 5.75 Å². The fourth-order valence-electron chi connectivity index (χ4n) is 3.31. The van der Waals surface area contributed by atoms with E-state index in [-0.39, 0.29) is 24.2 Å². The molecular formula is C18H26N2O3. The smallest absolute Gasteiger partial charge is 0.314 e. The second-order valence-electron chi connectivity index (χ2n) is 6.43. The zero-order valence-electron chi connectivity index (χ0n) is 13.7. The van der Waals surface area contributed by atoms with E-state index in [1.54, 1.807) is 7.11 Å². The van der Waals surface area contributed by atoms with Gasteiger partial charge in [-0.05, 0) is 30.5 Å². The summed E-state index contributed by atoms with van der Waals surface area (Å²) < 4.78 is 10.8. The SMILES string of the molecule is COC1CNC(c2ccc(OC(=O)C3CCCCC3)cc2)NC1. The Morgan fingerprint density at radius 1 is 1.04 bits per heavy atom. The number of esters is 1. The molecule has 2 fully saturated rings. The van der Waals surface area contributed by atoms with Crippen molar-refractivity contribution in [1.82, 2.24) is 10.6 Å². The van der Waals surface area contributed by atoms with E-state index in [9.17, 15) is 4.79 Å². The van der Waals surface area contributed by atoms with Crippen LogP contribution in [0.15, 0.2) is 24.3 Å². The van der Waals surface area contributed by atoms with Crippen molar-refractivity contribution in [2.45, 2.75) is 44.4 Å². The van der Waals surface area contributed by atoms with E-state index in [2.05, 4.69) is 10.6 Å². The first kappa shape index (κ1) is 16.4. The molecule has 0 radical (unpaired) electrons. The highest BCUT2D eigenvalue weighted by molar-refractivity contribution is 5.75. The fraction of sp³-hybridized carbons (Fsp3) is 0.611. The number of hydrogen-bond acceptors (Lipinski definition) is 5. The number of benzene rings is 1. The third kappa shape index (κ3) is 4.31. The van der Waals surface area contributed by atoms with Crippen LogP contribution in [-0.4, -0.2) is 32.3 Å². The van der Waals surface area contributed by atoms with Gasteiger partial charge in [-0.1, -0.05) is 31.4 Å². The van der Waals surface area contributed by atoms with Gasteiger partial charge in [0, 0.05) is 20.2 Å². The number of rotatable bonds is 4. The van der Waals surface area contributed by atoms with E-state index < -0.39 is 0 Å². The Hall–Kier alpha value is -1.43. The van der Waals surface area contributed by atoms with E-state index in [4.69, 9.17) is 9.47 Å². The second kappa shape index (κ2) is 7.90. The summed E-state index contributed by atoms with van der Waals surface area (Å²) in [6.45, 7) is 1.65. The van der Waals surface area contributed by atoms with Gasteiger partial charge in [0.1, 0.15) is 5.75 Å². The highest BCUT2D eigenvalue weighted by atomic mass is 16.5. The first-order valence-electron chi connectivity index (χ1n) is 8.57. The zero-order chi connectivity index (χ0) is 16.1. The first-order valence-corrected chi connectivity index (χ1v) is 8.57. The normalized spacial score (nSPS) is 26.0. The van der Waals surface area contributed by atoms with Crippen LogP contribution in [0.4, 0.5) is 0 Å². The standard InChI is InChI=1S/C18H26N2O3/c1-22-16-11-19-17(20-12-16)13-7-9-15(10-8-13)23-18(21)14-5-3-2-4-6-14/h7-10,14,16-17,19-20H,2-6,11-12H2,1H3. The molecule has 2 N–H and O–H groups in total. The summed E-state index contributed by atoms with van der Waals surface area (Å²) >= 11 is 0. The van der Waals surface area contributed by atoms with Crippen molar-refractivity contribution >= 4 is 5.97 Å². The minimum absolute atomic E-state index is 0.0747. The summed E-state index contributed by atoms with van der Waals surface area (Å²) in [7, 11) is 1.73. The molecule has 3 rings (SSSR count). The lowest BCUT2D eigenvalue weighted by molar-refractivity contribution is -0.139. The van der Waals surface area contributed by atoms with Crippen LogP contribution in [0.1, 0.15) is 43.8 Å². The molecule has 126 valence electrons. The molecule has 0 spiro atoms. The monoisotopic (exact) mass is 318 g/mol. The van der Waals surface area contributed by atoms with Crippen LogP contribution in [-0.2, 0) is 9.53 Å². The Bertz CT molecular complexity index is 504. The van der Waals surface area contributed by atoms with Gasteiger partial charge in [-0.3, -0.25) is 15.4 Å². The summed E-state index contributed by atoms with van der Waals surface area (Å²) in [5, 5.41) is 6.81. The van der Waals surface area contributed by atoms with E-state index >= 15 is 0 Å². The minimum atomic E-state index is -0.0747. The van der Waals surface area contributed by atoms with Crippen LogP contribution < -0.4 is 15.4 Å². The van der Waals surface area contributed by atoms with Gasteiger partial charge in [0.15, 0.2) is 0 Å². The van der Waals surface area contributed by atoms with Crippen LogP contribution >= 0.6 is 0 Å². The number of methoxy groups -OCH3 is 1. The summed E-state index contributed by atoms with van der Waals surface area (Å²) in [6.07, 6.45) is 5.78. The number of ether oxygens (including phenoxy) is 2. The Balaban J connectivity index is 1.53. The Labute approximate surface area is 137 Å². The molecule has 1 aliphatic heterocycles. The predicted octanol–water partition coefficient (Wildman–Crippen LogP) is 2.38. The molecule has 5 nitrogen and oxygen atoms in total. The van der Waals surface area contributed by atoms with Crippen LogP contribution in [0.2, 0.25) is 0 Å². The second-order valence-corrected chi connectivity index (χ2v) is 6.43. The van der Waals surface area contributed by atoms with Crippen molar-refractivity contribution in [3.05, 3.63) is 29.8 Å². The molecule has 2 aliphatic rings. The highest BCUT2D eigenvalue weighted by Crippen LogP contribution is 2.26. The van der Waals surface area contributed by atoms with Crippen LogP contribution in [0.3, 0.4) is 0 Å². The van der Waals surface area contributed by atoms with Gasteiger partial charge in [0.25, 0.3) is 0 Å². The minimum Gasteiger partial charge on any atom is -0.426 e. The third-order valence-electron chi connectivity index (χ3n) is 4.80. The Morgan fingerprint density at radius 3 is 2.30 bits per heavy atom. The molecule has 0 unspecified atom stereocenters. The molecule has 0 atom stereocenters. The van der Waals surface area contributed by atoms with Gasteiger partial charge in [0.2, 0.25) is 0 Å². The largest absolute Gasteiger partial charge is 0.426 e. The van der Waals surface area contributed by atoms with Gasteiger partial charge >= 0.3 is 5.97 Å². The van der Waals surface area contributed by atoms with Crippen LogP contribution in [0.5, 0.6) is 5.75 Å². The molecule has 0 bridgehead atoms. The van der Waals surface area contributed by atoms with Gasteiger partial charge < -0.3 is 9.47 Å². The lowest BCUT2D eigenvalue weighted by atomic mass is 9.89.